The molecule has 30 heavy (non-hydrogen) atoms. The van der Waals surface area contributed by atoms with Gasteiger partial charge >= 0.3 is 5.97 Å². The lowest BCUT2D eigenvalue weighted by Crippen LogP contribution is -2.47. The Labute approximate surface area is 173 Å². The molecule has 0 saturated carbocycles. The molecule has 1 aliphatic rings. The van der Waals surface area contributed by atoms with Gasteiger partial charge in [0.1, 0.15) is 18.1 Å². The van der Waals surface area contributed by atoms with Gasteiger partial charge in [0, 0.05) is 17.5 Å². The SMILES string of the molecule is O=C(Nc1cccc2ccccc12)[C@H](Cc1ccccc1)NC(=O)[C@H]1N[C@@H]1C(=O)O. The number of nitrogens with one attached hydrogen (secondary N) is 3. The number of carbonyl (C=O) groups excluding carboxylic acids is 2. The molecule has 3 aromatic rings. The van der Waals surface area contributed by atoms with Crippen molar-refractivity contribution in [1.29, 1.82) is 0 Å². The van der Waals surface area contributed by atoms with Crippen molar-refractivity contribution >= 4 is 34.2 Å². The third-order valence-corrected chi connectivity index (χ3v) is 5.09. The summed E-state index contributed by atoms with van der Waals surface area (Å²) >= 11 is 0. The first kappa shape index (κ1) is 19.6. The Morgan fingerprint density at radius 2 is 1.60 bits per heavy atom. The lowest BCUT2D eigenvalue weighted by atomic mass is 10.0. The number of carbonyl (C=O) groups is 3. The lowest BCUT2D eigenvalue weighted by molar-refractivity contribution is -0.137. The first-order chi connectivity index (χ1) is 14.5. The molecule has 0 aromatic heterocycles. The molecule has 0 spiro atoms. The molecule has 3 atom stereocenters. The van der Waals surface area contributed by atoms with Gasteiger partial charge in [0.25, 0.3) is 0 Å². The third-order valence-electron chi connectivity index (χ3n) is 5.09. The topological polar surface area (TPSA) is 117 Å². The molecule has 7 heteroatoms. The fourth-order valence-corrected chi connectivity index (χ4v) is 3.45. The molecule has 7 nitrogen and oxygen atoms in total. The molecule has 2 amide bonds. The van der Waals surface area contributed by atoms with Gasteiger partial charge in [-0.2, -0.15) is 0 Å². The van der Waals surface area contributed by atoms with Crippen molar-refractivity contribution in [3.63, 3.8) is 0 Å². The van der Waals surface area contributed by atoms with E-state index in [1.165, 1.54) is 0 Å². The molecule has 0 bridgehead atoms. The zero-order chi connectivity index (χ0) is 21.1. The van der Waals surface area contributed by atoms with Gasteiger partial charge in [-0.25, -0.2) is 0 Å². The van der Waals surface area contributed by atoms with E-state index in [0.29, 0.717) is 5.69 Å². The second-order valence-corrected chi connectivity index (χ2v) is 7.23. The van der Waals surface area contributed by atoms with Crippen molar-refractivity contribution < 1.29 is 19.5 Å². The Balaban J connectivity index is 1.54. The van der Waals surface area contributed by atoms with Crippen LogP contribution in [-0.4, -0.2) is 41.0 Å². The fraction of sp³-hybridized carbons (Fsp3) is 0.174. The molecule has 1 aliphatic heterocycles. The van der Waals surface area contributed by atoms with E-state index in [9.17, 15) is 14.4 Å². The van der Waals surface area contributed by atoms with Crippen LogP contribution in [0.1, 0.15) is 5.56 Å². The summed E-state index contributed by atoms with van der Waals surface area (Å²) < 4.78 is 0. The number of rotatable bonds is 7. The summed E-state index contributed by atoms with van der Waals surface area (Å²) in [6.07, 6.45) is 0.285. The largest absolute Gasteiger partial charge is 0.480 e. The van der Waals surface area contributed by atoms with Crippen LogP contribution in [0.15, 0.2) is 72.8 Å². The van der Waals surface area contributed by atoms with Gasteiger partial charge in [0.05, 0.1) is 0 Å². The molecule has 152 valence electrons. The van der Waals surface area contributed by atoms with Crippen molar-refractivity contribution in [2.24, 2.45) is 0 Å². The molecule has 1 heterocycles. The second kappa shape index (κ2) is 8.34. The minimum absolute atomic E-state index is 0.285. The monoisotopic (exact) mass is 403 g/mol. The minimum atomic E-state index is -1.09. The van der Waals surface area contributed by atoms with Gasteiger partial charge in [-0.15, -0.1) is 0 Å². The van der Waals surface area contributed by atoms with E-state index < -0.39 is 30.0 Å². The van der Waals surface area contributed by atoms with Gasteiger partial charge in [-0.1, -0.05) is 66.7 Å². The first-order valence-electron chi connectivity index (χ1n) is 9.65. The number of benzene rings is 3. The average molecular weight is 403 g/mol. The van der Waals surface area contributed by atoms with Crippen LogP contribution in [-0.2, 0) is 20.8 Å². The molecule has 1 fully saturated rings. The van der Waals surface area contributed by atoms with Crippen LogP contribution >= 0.6 is 0 Å². The summed E-state index contributed by atoms with van der Waals surface area (Å²) in [7, 11) is 0. The number of aliphatic carboxylic acids is 1. The highest BCUT2D eigenvalue weighted by molar-refractivity contribution is 6.05. The maximum absolute atomic E-state index is 13.1. The minimum Gasteiger partial charge on any atom is -0.480 e. The van der Waals surface area contributed by atoms with Crippen LogP contribution in [0.25, 0.3) is 10.8 Å². The van der Waals surface area contributed by atoms with E-state index in [0.717, 1.165) is 16.3 Å². The molecule has 0 unspecified atom stereocenters. The predicted molar refractivity (Wildman–Crippen MR) is 113 cm³/mol. The Kier molecular flexibility index (Phi) is 5.45. The molecule has 0 radical (unpaired) electrons. The number of hydrogen-bond donors (Lipinski definition) is 4. The van der Waals surface area contributed by atoms with Gasteiger partial charge in [-0.05, 0) is 17.0 Å². The summed E-state index contributed by atoms with van der Waals surface area (Å²) in [6, 6.07) is 20.1. The van der Waals surface area contributed by atoms with E-state index in [2.05, 4.69) is 16.0 Å². The summed E-state index contributed by atoms with van der Waals surface area (Å²) in [5.41, 5.74) is 1.53. The highest BCUT2D eigenvalue weighted by Crippen LogP contribution is 2.23. The maximum atomic E-state index is 13.1. The molecule has 4 N–H and O–H groups in total. The summed E-state index contributed by atoms with van der Waals surface area (Å²) in [4.78, 5) is 36.6. The molecular weight excluding hydrogens is 382 g/mol. The number of carboxylic acid groups (broad SMARTS) is 1. The maximum Gasteiger partial charge on any atom is 0.322 e. The number of hydrogen-bond acceptors (Lipinski definition) is 4. The summed E-state index contributed by atoms with van der Waals surface area (Å²) in [5, 5.41) is 19.1. The summed E-state index contributed by atoms with van der Waals surface area (Å²) in [6.45, 7) is 0. The lowest BCUT2D eigenvalue weighted by Gasteiger charge is -2.19. The van der Waals surface area contributed by atoms with Crippen molar-refractivity contribution in [2.45, 2.75) is 24.5 Å². The fourth-order valence-electron chi connectivity index (χ4n) is 3.45. The molecule has 3 aromatic carbocycles. The Bertz CT molecular complexity index is 1090. The van der Waals surface area contributed by atoms with Crippen molar-refractivity contribution in [1.82, 2.24) is 10.6 Å². The Morgan fingerprint density at radius 1 is 0.900 bits per heavy atom. The van der Waals surface area contributed by atoms with Gasteiger partial charge in [0.2, 0.25) is 11.8 Å². The van der Waals surface area contributed by atoms with E-state index in [4.69, 9.17) is 5.11 Å². The highest BCUT2D eigenvalue weighted by Gasteiger charge is 2.48. The molecule has 0 aliphatic carbocycles. The number of amides is 2. The van der Waals surface area contributed by atoms with Crippen LogP contribution in [0.4, 0.5) is 5.69 Å². The number of carboxylic acids is 1. The molecular formula is C23H21N3O4. The standard InChI is InChI=1S/C23H21N3O4/c27-21(24-17-12-6-10-15-9-4-5-11-16(15)17)18(13-14-7-2-1-3-8-14)25-22(28)19-20(26-19)23(29)30/h1-12,18-20,26H,13H2,(H,24,27)(H,25,28)(H,29,30)/t18-,19-,20-/m0/s1. The molecule has 4 rings (SSSR count). The van der Waals surface area contributed by atoms with Crippen LogP contribution < -0.4 is 16.0 Å². The highest BCUT2D eigenvalue weighted by atomic mass is 16.4. The average Bonchev–Trinajstić information content (AvgIpc) is 3.56. The van der Waals surface area contributed by atoms with E-state index in [-0.39, 0.29) is 12.3 Å². The quantitative estimate of drug-likeness (QED) is 0.450. The van der Waals surface area contributed by atoms with E-state index in [1.807, 2.05) is 72.8 Å². The second-order valence-electron chi connectivity index (χ2n) is 7.23. The van der Waals surface area contributed by atoms with Crippen LogP contribution in [0.2, 0.25) is 0 Å². The van der Waals surface area contributed by atoms with Crippen LogP contribution in [0, 0.1) is 0 Å². The smallest absolute Gasteiger partial charge is 0.322 e. The first-order valence-corrected chi connectivity index (χ1v) is 9.65. The summed E-state index contributed by atoms with van der Waals surface area (Å²) in [5.74, 6) is -1.96. The van der Waals surface area contributed by atoms with Gasteiger partial charge < -0.3 is 15.7 Å². The zero-order valence-corrected chi connectivity index (χ0v) is 16.0. The van der Waals surface area contributed by atoms with E-state index in [1.54, 1.807) is 0 Å². The third kappa shape index (κ3) is 4.31. The van der Waals surface area contributed by atoms with Gasteiger partial charge in [0.15, 0.2) is 0 Å². The number of anilines is 1. The van der Waals surface area contributed by atoms with Crippen LogP contribution in [0.3, 0.4) is 0 Å². The van der Waals surface area contributed by atoms with Crippen molar-refractivity contribution in [3.8, 4) is 0 Å². The normalized spacial score (nSPS) is 18.4. The molecule has 1 saturated heterocycles. The Hall–Kier alpha value is -3.71. The zero-order valence-electron chi connectivity index (χ0n) is 16.0. The Morgan fingerprint density at radius 3 is 2.33 bits per heavy atom. The van der Waals surface area contributed by atoms with Crippen molar-refractivity contribution in [2.75, 3.05) is 5.32 Å². The van der Waals surface area contributed by atoms with Gasteiger partial charge in [-0.3, -0.25) is 19.7 Å². The van der Waals surface area contributed by atoms with E-state index >= 15 is 0 Å². The number of fused-ring (bicyclic) bond motifs is 1. The van der Waals surface area contributed by atoms with Crippen LogP contribution in [0.5, 0.6) is 0 Å². The van der Waals surface area contributed by atoms with Crippen molar-refractivity contribution in [3.05, 3.63) is 78.4 Å². The predicted octanol–water partition coefficient (Wildman–Crippen LogP) is 1.93.